The molecule has 1 aliphatic rings. The second-order valence-electron chi connectivity index (χ2n) is 5.13. The maximum Gasteiger partial charge on any atom is 0.0893 e. The molecule has 4 rings (SSSR count). The van der Waals surface area contributed by atoms with Gasteiger partial charge in [0.1, 0.15) is 0 Å². The fourth-order valence-electron chi connectivity index (χ4n) is 2.93. The van der Waals surface area contributed by atoms with Gasteiger partial charge in [-0.15, -0.1) is 11.3 Å². The van der Waals surface area contributed by atoms with Gasteiger partial charge in [0.15, 0.2) is 0 Å². The van der Waals surface area contributed by atoms with Crippen molar-refractivity contribution in [2.45, 2.75) is 13.0 Å². The van der Waals surface area contributed by atoms with Crippen molar-refractivity contribution in [3.05, 3.63) is 63.5 Å². The Labute approximate surface area is 132 Å². The van der Waals surface area contributed by atoms with Crippen LogP contribution in [0.3, 0.4) is 0 Å². The van der Waals surface area contributed by atoms with Gasteiger partial charge in [-0.05, 0) is 36.6 Å². The van der Waals surface area contributed by atoms with E-state index in [1.54, 1.807) is 6.34 Å². The smallest absolute Gasteiger partial charge is 0.0893 e. The molecule has 0 spiro atoms. The number of aryl methyl sites for hydroxylation is 1. The van der Waals surface area contributed by atoms with Crippen molar-refractivity contribution < 1.29 is 0 Å². The summed E-state index contributed by atoms with van der Waals surface area (Å²) in [5, 5.41) is 5.41. The van der Waals surface area contributed by atoms with Crippen LogP contribution >= 0.6 is 22.9 Å². The lowest BCUT2D eigenvalue weighted by Crippen LogP contribution is -2.24. The van der Waals surface area contributed by atoms with Crippen LogP contribution in [0.1, 0.15) is 22.0 Å². The Morgan fingerprint density at radius 1 is 1.19 bits per heavy atom. The Morgan fingerprint density at radius 3 is 2.95 bits per heavy atom. The van der Waals surface area contributed by atoms with Crippen LogP contribution in [0.15, 0.2) is 47.5 Å². The minimum absolute atomic E-state index is 0.130. The first-order valence-corrected chi connectivity index (χ1v) is 7.99. The number of fused-ring (bicyclic) bond motifs is 2. The third-order valence-corrected chi connectivity index (χ3v) is 5.19. The van der Waals surface area contributed by atoms with Crippen molar-refractivity contribution in [3.8, 4) is 0 Å². The van der Waals surface area contributed by atoms with E-state index in [0.29, 0.717) is 0 Å². The normalized spacial score (nSPS) is 16.8. The molecule has 0 radical (unpaired) electrons. The quantitative estimate of drug-likeness (QED) is 0.655. The molecule has 21 heavy (non-hydrogen) atoms. The molecule has 104 valence electrons. The van der Waals surface area contributed by atoms with Crippen LogP contribution in [0.4, 0.5) is 5.69 Å². The molecule has 0 bridgehead atoms. The molecule has 0 fully saturated rings. The van der Waals surface area contributed by atoms with Crippen LogP contribution in [-0.2, 0) is 0 Å². The Morgan fingerprint density at radius 2 is 2.05 bits per heavy atom. The van der Waals surface area contributed by atoms with Gasteiger partial charge in [0, 0.05) is 25.7 Å². The number of hydrogen-bond donors (Lipinski definition) is 1. The average molecular weight is 313 g/mol. The highest BCUT2D eigenvalue weighted by molar-refractivity contribution is 7.19. The number of nitrogens with zero attached hydrogens (tertiary/aromatic N) is 1. The van der Waals surface area contributed by atoms with Crippen LogP contribution in [0.5, 0.6) is 0 Å². The predicted molar refractivity (Wildman–Crippen MR) is 91.1 cm³/mol. The van der Waals surface area contributed by atoms with Gasteiger partial charge in [0.2, 0.25) is 0 Å². The number of hydrogen-bond acceptors (Lipinski definition) is 3. The number of nitrogens with one attached hydrogen (secondary N) is 1. The summed E-state index contributed by atoms with van der Waals surface area (Å²) in [6.07, 6.45) is 1.79. The first-order valence-electron chi connectivity index (χ1n) is 6.80. The van der Waals surface area contributed by atoms with Gasteiger partial charge in [0.25, 0.3) is 0 Å². The van der Waals surface area contributed by atoms with Crippen LogP contribution in [-0.4, -0.2) is 6.34 Å². The number of benzene rings is 2. The molecule has 2 aromatic carbocycles. The van der Waals surface area contributed by atoms with E-state index >= 15 is 0 Å². The van der Waals surface area contributed by atoms with Gasteiger partial charge in [-0.3, -0.25) is 0 Å². The van der Waals surface area contributed by atoms with E-state index < -0.39 is 0 Å². The number of thiophene rings is 1. The first-order chi connectivity index (χ1) is 10.2. The minimum Gasteiger partial charge on any atom is -0.365 e. The molecule has 1 N–H and O–H groups in total. The maximum atomic E-state index is 6.20. The molecule has 2 heterocycles. The molecule has 4 heteroatoms. The van der Waals surface area contributed by atoms with E-state index in [4.69, 9.17) is 11.6 Å². The molecule has 0 saturated carbocycles. The van der Waals surface area contributed by atoms with E-state index in [2.05, 4.69) is 47.6 Å². The molecule has 2 nitrogen and oxygen atoms in total. The molecule has 1 aliphatic heterocycles. The lowest BCUT2D eigenvalue weighted by atomic mass is 9.94. The zero-order valence-corrected chi connectivity index (χ0v) is 13.0. The third kappa shape index (κ3) is 2.04. The highest BCUT2D eigenvalue weighted by atomic mass is 35.5. The van der Waals surface area contributed by atoms with Crippen molar-refractivity contribution in [1.29, 1.82) is 0 Å². The van der Waals surface area contributed by atoms with Crippen molar-refractivity contribution in [1.82, 2.24) is 5.32 Å². The van der Waals surface area contributed by atoms with E-state index in [0.717, 1.165) is 10.7 Å². The van der Waals surface area contributed by atoms with E-state index in [9.17, 15) is 0 Å². The summed E-state index contributed by atoms with van der Waals surface area (Å²) in [5.41, 5.74) is 3.54. The number of aliphatic imine (C=N–C) groups is 1. The van der Waals surface area contributed by atoms with Crippen LogP contribution in [0.2, 0.25) is 5.02 Å². The third-order valence-electron chi connectivity index (χ3n) is 3.86. The fourth-order valence-corrected chi connectivity index (χ4v) is 4.18. The lowest BCUT2D eigenvalue weighted by Gasteiger charge is -2.23. The van der Waals surface area contributed by atoms with E-state index in [1.807, 2.05) is 23.5 Å². The van der Waals surface area contributed by atoms with Gasteiger partial charge in [0.05, 0.1) is 18.1 Å². The largest absolute Gasteiger partial charge is 0.365 e. The average Bonchev–Trinajstić information content (AvgIpc) is 2.82. The molecule has 0 amide bonds. The Balaban J connectivity index is 1.97. The summed E-state index contributed by atoms with van der Waals surface area (Å²) in [4.78, 5) is 5.74. The number of para-hydroxylation sites is 1. The summed E-state index contributed by atoms with van der Waals surface area (Å²) in [7, 11) is 0. The number of halogens is 1. The highest BCUT2D eigenvalue weighted by Gasteiger charge is 2.24. The minimum atomic E-state index is 0.130. The molecule has 1 unspecified atom stereocenters. The van der Waals surface area contributed by atoms with Crippen LogP contribution in [0.25, 0.3) is 10.1 Å². The molecular weight excluding hydrogens is 300 g/mol. The molecule has 3 aromatic rings. The number of rotatable bonds is 1. The molecule has 0 saturated heterocycles. The zero-order chi connectivity index (χ0) is 14.4. The molecule has 1 atom stereocenters. The first kappa shape index (κ1) is 12.9. The summed E-state index contributed by atoms with van der Waals surface area (Å²) >= 11 is 8.01. The molecular formula is C17H13ClN2S. The highest BCUT2D eigenvalue weighted by Crippen LogP contribution is 2.41. The summed E-state index contributed by atoms with van der Waals surface area (Å²) in [5.74, 6) is 0. The van der Waals surface area contributed by atoms with E-state index in [1.165, 1.54) is 26.1 Å². The maximum absolute atomic E-state index is 6.20. The van der Waals surface area contributed by atoms with Crippen molar-refractivity contribution in [2.24, 2.45) is 4.99 Å². The van der Waals surface area contributed by atoms with Crippen LogP contribution < -0.4 is 5.32 Å². The Hall–Kier alpha value is -1.84. The Bertz CT molecular complexity index is 866. The van der Waals surface area contributed by atoms with Gasteiger partial charge in [-0.25, -0.2) is 4.99 Å². The monoisotopic (exact) mass is 312 g/mol. The summed E-state index contributed by atoms with van der Waals surface area (Å²) < 4.78 is 1.27. The second kappa shape index (κ2) is 4.86. The summed E-state index contributed by atoms with van der Waals surface area (Å²) in [6, 6.07) is 14.5. The van der Waals surface area contributed by atoms with Gasteiger partial charge in [-0.2, -0.15) is 0 Å². The summed E-state index contributed by atoms with van der Waals surface area (Å²) in [6.45, 7) is 2.17. The molecule has 0 aliphatic carbocycles. The van der Waals surface area contributed by atoms with Crippen molar-refractivity contribution in [2.75, 3.05) is 0 Å². The topological polar surface area (TPSA) is 24.4 Å². The lowest BCUT2D eigenvalue weighted by molar-refractivity contribution is 0.766. The Kier molecular flexibility index (Phi) is 2.98. The van der Waals surface area contributed by atoms with Gasteiger partial charge < -0.3 is 5.32 Å². The second-order valence-corrected chi connectivity index (χ2v) is 6.82. The SMILES string of the molecule is Cc1sc2ccc(Cl)cc2c1C1NC=Nc2ccccc21. The fraction of sp³-hybridized carbons (Fsp3) is 0.118. The van der Waals surface area contributed by atoms with Crippen molar-refractivity contribution >= 4 is 45.0 Å². The van der Waals surface area contributed by atoms with Crippen molar-refractivity contribution in [3.63, 3.8) is 0 Å². The van der Waals surface area contributed by atoms with E-state index in [-0.39, 0.29) is 6.04 Å². The zero-order valence-electron chi connectivity index (χ0n) is 11.4. The molecule has 1 aromatic heterocycles. The van der Waals surface area contributed by atoms with Crippen LogP contribution in [0, 0.1) is 6.92 Å². The standard InChI is InChI=1S/C17H13ClN2S/c1-10-16(13-8-11(18)6-7-15(13)21-10)17-12-4-2-3-5-14(12)19-9-20-17/h2-9,17H,1H3,(H,19,20). The predicted octanol–water partition coefficient (Wildman–Crippen LogP) is 5.22. The van der Waals surface area contributed by atoms with Gasteiger partial charge >= 0.3 is 0 Å². The van der Waals surface area contributed by atoms with Gasteiger partial charge in [-0.1, -0.05) is 29.8 Å².